The molecule has 0 fully saturated rings. The van der Waals surface area contributed by atoms with Crippen molar-refractivity contribution in [3.63, 3.8) is 0 Å². The summed E-state index contributed by atoms with van der Waals surface area (Å²) in [7, 11) is 0. The number of pyridine rings is 1. The molecule has 2 aromatic heterocycles. The quantitative estimate of drug-likeness (QED) is 0.684. The van der Waals surface area contributed by atoms with E-state index in [1.54, 1.807) is 24.5 Å². The molecule has 0 spiro atoms. The van der Waals surface area contributed by atoms with Gasteiger partial charge in [-0.15, -0.1) is 11.3 Å². The number of rotatable bonds is 4. The van der Waals surface area contributed by atoms with E-state index in [1.807, 2.05) is 17.5 Å². The maximum atomic E-state index is 12.1. The molecule has 3 aromatic rings. The van der Waals surface area contributed by atoms with Gasteiger partial charge in [0.05, 0.1) is 5.69 Å². The van der Waals surface area contributed by atoms with Gasteiger partial charge >= 0.3 is 0 Å². The van der Waals surface area contributed by atoms with Crippen molar-refractivity contribution in [3.05, 3.63) is 59.7 Å². The first kappa shape index (κ1) is 15.1. The van der Waals surface area contributed by atoms with Crippen LogP contribution in [-0.2, 0) is 4.79 Å². The van der Waals surface area contributed by atoms with Crippen LogP contribution in [0.25, 0.3) is 11.3 Å². The molecule has 0 aliphatic heterocycles. The molecule has 2 heterocycles. The molecule has 1 atom stereocenters. The summed E-state index contributed by atoms with van der Waals surface area (Å²) in [4.78, 5) is 20.3. The minimum absolute atomic E-state index is 0.0106. The number of amides is 1. The number of aliphatic hydroxyl groups is 1. The third-order valence-electron chi connectivity index (χ3n) is 3.14. The first-order valence-electron chi connectivity index (χ1n) is 6.77. The van der Waals surface area contributed by atoms with Crippen molar-refractivity contribution in [2.24, 2.45) is 0 Å². The Labute approximate surface area is 136 Å². The van der Waals surface area contributed by atoms with Gasteiger partial charge in [0.2, 0.25) is 0 Å². The zero-order valence-electron chi connectivity index (χ0n) is 11.9. The third kappa shape index (κ3) is 3.53. The predicted molar refractivity (Wildman–Crippen MR) is 87.0 cm³/mol. The first-order valence-corrected chi connectivity index (χ1v) is 7.65. The number of nitrogens with zero attached hydrogens (tertiary/aromatic N) is 2. The lowest BCUT2D eigenvalue weighted by Gasteiger charge is -2.10. The SMILES string of the molecule is O=C(Nc1nc(-c2ccncc2)cs1)C(O)c1cccc(O)c1. The number of phenols is 1. The van der Waals surface area contributed by atoms with Crippen LogP contribution in [0, 0.1) is 0 Å². The number of hydrogen-bond donors (Lipinski definition) is 3. The highest BCUT2D eigenvalue weighted by Gasteiger charge is 2.19. The summed E-state index contributed by atoms with van der Waals surface area (Å²) in [6.07, 6.45) is 1.95. The molecule has 0 saturated heterocycles. The minimum Gasteiger partial charge on any atom is -0.508 e. The Balaban J connectivity index is 1.72. The number of aliphatic hydroxyl groups excluding tert-OH is 1. The zero-order valence-corrected chi connectivity index (χ0v) is 12.7. The van der Waals surface area contributed by atoms with E-state index in [-0.39, 0.29) is 5.75 Å². The Bertz CT molecular complexity index is 820. The molecular formula is C16H13N3O3S. The van der Waals surface area contributed by atoms with E-state index in [2.05, 4.69) is 15.3 Å². The summed E-state index contributed by atoms with van der Waals surface area (Å²) in [5, 5.41) is 24.2. The molecule has 0 bridgehead atoms. The number of carbonyl (C=O) groups is 1. The maximum Gasteiger partial charge on any atom is 0.259 e. The lowest BCUT2D eigenvalue weighted by molar-refractivity contribution is -0.124. The van der Waals surface area contributed by atoms with Crippen LogP contribution in [0.4, 0.5) is 5.13 Å². The molecule has 1 aromatic carbocycles. The summed E-state index contributed by atoms with van der Waals surface area (Å²) >= 11 is 1.26. The fourth-order valence-corrected chi connectivity index (χ4v) is 2.73. The van der Waals surface area contributed by atoms with Gasteiger partial charge < -0.3 is 10.2 Å². The lowest BCUT2D eigenvalue weighted by atomic mass is 10.1. The Morgan fingerprint density at radius 3 is 2.74 bits per heavy atom. The summed E-state index contributed by atoms with van der Waals surface area (Å²) in [6.45, 7) is 0. The van der Waals surface area contributed by atoms with Crippen LogP contribution in [0.5, 0.6) is 5.75 Å². The Morgan fingerprint density at radius 2 is 2.00 bits per heavy atom. The van der Waals surface area contributed by atoms with Crippen LogP contribution >= 0.6 is 11.3 Å². The Morgan fingerprint density at radius 1 is 1.22 bits per heavy atom. The molecule has 0 saturated carbocycles. The van der Waals surface area contributed by atoms with Crippen molar-refractivity contribution in [3.8, 4) is 17.0 Å². The molecule has 116 valence electrons. The number of phenolic OH excluding ortho intramolecular Hbond substituents is 1. The average molecular weight is 327 g/mol. The molecular weight excluding hydrogens is 314 g/mol. The number of aromatic hydroxyl groups is 1. The fourth-order valence-electron chi connectivity index (χ4n) is 2.01. The summed E-state index contributed by atoms with van der Waals surface area (Å²) in [5.74, 6) is -0.616. The van der Waals surface area contributed by atoms with Gasteiger partial charge in [0.15, 0.2) is 11.2 Å². The Hall–Kier alpha value is -2.77. The second kappa shape index (κ2) is 6.55. The molecule has 3 N–H and O–H groups in total. The van der Waals surface area contributed by atoms with Gasteiger partial charge in [0, 0.05) is 23.3 Å². The molecule has 7 heteroatoms. The molecule has 6 nitrogen and oxygen atoms in total. The van der Waals surface area contributed by atoms with Crippen molar-refractivity contribution in [2.75, 3.05) is 5.32 Å². The van der Waals surface area contributed by atoms with Gasteiger partial charge in [0.25, 0.3) is 5.91 Å². The highest BCUT2D eigenvalue weighted by Crippen LogP contribution is 2.25. The zero-order chi connectivity index (χ0) is 16.2. The van der Waals surface area contributed by atoms with Gasteiger partial charge in [-0.25, -0.2) is 4.98 Å². The molecule has 0 aliphatic rings. The predicted octanol–water partition coefficient (Wildman–Crippen LogP) is 2.58. The number of hydrogen-bond acceptors (Lipinski definition) is 6. The second-order valence-corrected chi connectivity index (χ2v) is 5.62. The van der Waals surface area contributed by atoms with Crippen LogP contribution in [-0.4, -0.2) is 26.1 Å². The monoisotopic (exact) mass is 327 g/mol. The average Bonchev–Trinajstić information content (AvgIpc) is 3.03. The number of thiazole rings is 1. The molecule has 3 rings (SSSR count). The number of nitrogens with one attached hydrogen (secondary N) is 1. The van der Waals surface area contributed by atoms with E-state index in [0.717, 1.165) is 11.3 Å². The Kier molecular flexibility index (Phi) is 4.31. The topological polar surface area (TPSA) is 95.3 Å². The van der Waals surface area contributed by atoms with Crippen molar-refractivity contribution in [1.29, 1.82) is 0 Å². The minimum atomic E-state index is -1.38. The van der Waals surface area contributed by atoms with Crippen molar-refractivity contribution < 1.29 is 15.0 Å². The van der Waals surface area contributed by atoms with E-state index in [0.29, 0.717) is 10.7 Å². The third-order valence-corrected chi connectivity index (χ3v) is 3.90. The smallest absolute Gasteiger partial charge is 0.259 e. The van der Waals surface area contributed by atoms with Crippen molar-refractivity contribution >= 4 is 22.4 Å². The van der Waals surface area contributed by atoms with Crippen molar-refractivity contribution in [1.82, 2.24) is 9.97 Å². The normalized spacial score (nSPS) is 11.9. The lowest BCUT2D eigenvalue weighted by Crippen LogP contribution is -2.20. The van der Waals surface area contributed by atoms with E-state index in [4.69, 9.17) is 0 Å². The molecule has 1 unspecified atom stereocenters. The first-order chi connectivity index (χ1) is 11.1. The molecule has 0 aliphatic carbocycles. The highest BCUT2D eigenvalue weighted by atomic mass is 32.1. The van der Waals surface area contributed by atoms with Gasteiger partial charge in [-0.3, -0.25) is 15.1 Å². The molecule has 23 heavy (non-hydrogen) atoms. The fraction of sp³-hybridized carbons (Fsp3) is 0.0625. The van der Waals surface area contributed by atoms with Crippen LogP contribution < -0.4 is 5.32 Å². The van der Waals surface area contributed by atoms with Crippen LogP contribution in [0.3, 0.4) is 0 Å². The number of carbonyl (C=O) groups excluding carboxylic acids is 1. The van der Waals surface area contributed by atoms with Crippen LogP contribution in [0.2, 0.25) is 0 Å². The largest absolute Gasteiger partial charge is 0.508 e. The summed E-state index contributed by atoms with van der Waals surface area (Å²) in [5.41, 5.74) is 1.93. The van der Waals surface area contributed by atoms with Gasteiger partial charge in [-0.2, -0.15) is 0 Å². The summed E-state index contributed by atoms with van der Waals surface area (Å²) in [6, 6.07) is 9.58. The summed E-state index contributed by atoms with van der Waals surface area (Å²) < 4.78 is 0. The highest BCUT2D eigenvalue weighted by molar-refractivity contribution is 7.14. The number of benzene rings is 1. The van der Waals surface area contributed by atoms with Crippen molar-refractivity contribution in [2.45, 2.75) is 6.10 Å². The van der Waals surface area contributed by atoms with Gasteiger partial charge in [-0.1, -0.05) is 12.1 Å². The van der Waals surface area contributed by atoms with E-state index >= 15 is 0 Å². The van der Waals surface area contributed by atoms with E-state index in [1.165, 1.54) is 23.5 Å². The van der Waals surface area contributed by atoms with Gasteiger partial charge in [0.1, 0.15) is 5.75 Å². The molecule has 0 radical (unpaired) electrons. The van der Waals surface area contributed by atoms with E-state index < -0.39 is 12.0 Å². The molecule has 1 amide bonds. The number of anilines is 1. The standard InChI is InChI=1S/C16H13N3O3S/c20-12-3-1-2-11(8-12)14(21)15(22)19-16-18-13(9-23-16)10-4-6-17-7-5-10/h1-9,14,20-21H,(H,18,19,22). The van der Waals surface area contributed by atoms with Crippen LogP contribution in [0.1, 0.15) is 11.7 Å². The number of aromatic nitrogens is 2. The van der Waals surface area contributed by atoms with Crippen LogP contribution in [0.15, 0.2) is 54.2 Å². The second-order valence-electron chi connectivity index (χ2n) is 4.76. The maximum absolute atomic E-state index is 12.1. The van der Waals surface area contributed by atoms with Gasteiger partial charge in [-0.05, 0) is 29.8 Å². The van der Waals surface area contributed by atoms with E-state index in [9.17, 15) is 15.0 Å².